The zero-order valence-electron chi connectivity index (χ0n) is 13.7. The Morgan fingerprint density at radius 1 is 1.41 bits per heavy atom. The summed E-state index contributed by atoms with van der Waals surface area (Å²) in [5.41, 5.74) is 1.21. The van der Waals surface area contributed by atoms with Crippen molar-refractivity contribution < 1.29 is 4.79 Å². The maximum absolute atomic E-state index is 12.4. The summed E-state index contributed by atoms with van der Waals surface area (Å²) in [6.45, 7) is 8.98. The van der Waals surface area contributed by atoms with Gasteiger partial charge in [-0.25, -0.2) is 9.78 Å². The highest BCUT2D eigenvalue weighted by atomic mass is 32.1. The molecule has 0 bridgehead atoms. The van der Waals surface area contributed by atoms with Gasteiger partial charge in [-0.05, 0) is 32.4 Å². The van der Waals surface area contributed by atoms with Gasteiger partial charge in [0.1, 0.15) is 0 Å². The van der Waals surface area contributed by atoms with Crippen molar-refractivity contribution >= 4 is 28.7 Å². The van der Waals surface area contributed by atoms with E-state index in [1.54, 1.807) is 33.8 Å². The number of carbonyl (C=O) groups excluding carboxylic acids is 1. The number of nitrogens with zero attached hydrogens (tertiary/aromatic N) is 2. The lowest BCUT2D eigenvalue weighted by Crippen LogP contribution is -2.40. The number of thiazole rings is 1. The number of hydrogen-bond acceptors (Lipinski definition) is 4. The highest BCUT2D eigenvalue weighted by molar-refractivity contribution is 7.12. The molecule has 0 unspecified atom stereocenters. The monoisotopic (exact) mass is 337 g/mol. The minimum Gasteiger partial charge on any atom is -0.331 e. The smallest absolute Gasteiger partial charge is 0.317 e. The van der Waals surface area contributed by atoms with E-state index in [4.69, 9.17) is 0 Å². The predicted octanol–water partition coefficient (Wildman–Crippen LogP) is 4.33. The Morgan fingerprint density at radius 2 is 2.14 bits per heavy atom. The third-order valence-electron chi connectivity index (χ3n) is 3.65. The molecule has 0 saturated carbocycles. The molecule has 22 heavy (non-hydrogen) atoms. The number of aromatic nitrogens is 1. The molecule has 0 radical (unpaired) electrons. The van der Waals surface area contributed by atoms with Crippen LogP contribution in [0, 0.1) is 13.8 Å². The molecule has 0 saturated heterocycles. The summed E-state index contributed by atoms with van der Waals surface area (Å²) in [6.07, 6.45) is 1.81. The van der Waals surface area contributed by atoms with Gasteiger partial charge in [-0.15, -0.1) is 22.7 Å². The number of hydrogen-bond donors (Lipinski definition) is 1. The Hall–Kier alpha value is -1.40. The third-order valence-corrected chi connectivity index (χ3v) is 5.64. The molecule has 2 heterocycles. The molecule has 2 amide bonds. The first-order valence-corrected chi connectivity index (χ1v) is 9.06. The van der Waals surface area contributed by atoms with E-state index in [9.17, 15) is 4.79 Å². The quantitative estimate of drug-likeness (QED) is 0.883. The van der Waals surface area contributed by atoms with E-state index in [0.717, 1.165) is 5.01 Å². The van der Waals surface area contributed by atoms with Gasteiger partial charge in [-0.2, -0.15) is 0 Å². The third kappa shape index (κ3) is 4.08. The normalized spacial score (nSPS) is 13.7. The average Bonchev–Trinajstić information content (AvgIpc) is 3.08. The van der Waals surface area contributed by atoms with Crippen molar-refractivity contribution in [3.63, 3.8) is 0 Å². The van der Waals surface area contributed by atoms with Crippen molar-refractivity contribution in [1.82, 2.24) is 15.2 Å². The summed E-state index contributed by atoms with van der Waals surface area (Å²) in [6, 6.07) is 2.14. The second kappa shape index (κ2) is 7.24. The Morgan fingerprint density at radius 3 is 2.68 bits per heavy atom. The van der Waals surface area contributed by atoms with E-state index in [0.29, 0.717) is 6.54 Å². The number of carbonyl (C=O) groups is 1. The molecule has 6 heteroatoms. The van der Waals surface area contributed by atoms with Gasteiger partial charge >= 0.3 is 6.03 Å². The van der Waals surface area contributed by atoms with Crippen LogP contribution in [0.1, 0.15) is 46.1 Å². The van der Waals surface area contributed by atoms with Crippen LogP contribution in [0.5, 0.6) is 0 Å². The van der Waals surface area contributed by atoms with E-state index in [2.05, 4.69) is 37.1 Å². The van der Waals surface area contributed by atoms with E-state index >= 15 is 0 Å². The van der Waals surface area contributed by atoms with Crippen LogP contribution >= 0.6 is 22.7 Å². The lowest BCUT2D eigenvalue weighted by Gasteiger charge is -2.23. The van der Waals surface area contributed by atoms with E-state index in [-0.39, 0.29) is 18.0 Å². The Balaban J connectivity index is 1.92. The lowest BCUT2D eigenvalue weighted by atomic mass is 10.1. The van der Waals surface area contributed by atoms with E-state index in [1.807, 2.05) is 19.4 Å². The van der Waals surface area contributed by atoms with Crippen LogP contribution in [0.4, 0.5) is 4.79 Å². The van der Waals surface area contributed by atoms with Gasteiger partial charge in [0.05, 0.1) is 11.0 Å². The molecule has 2 rings (SSSR count). The predicted molar refractivity (Wildman–Crippen MR) is 93.9 cm³/mol. The first-order valence-electron chi connectivity index (χ1n) is 7.36. The maximum Gasteiger partial charge on any atom is 0.317 e. The molecule has 0 aromatic carbocycles. The average molecular weight is 338 g/mol. The standard InChI is InChI=1S/C16H23N3OS2/c1-10(15-17-6-7-21-15)9-19(5)16(20)18-12(3)14-8-11(2)22-13(14)4/h6-8,10,12H,9H2,1-5H3,(H,18,20)/t10-,12+/m1/s1. The second-order valence-electron chi connectivity index (χ2n) is 5.69. The number of nitrogens with one attached hydrogen (secondary N) is 1. The van der Waals surface area contributed by atoms with Crippen LogP contribution in [0.3, 0.4) is 0 Å². The molecular formula is C16H23N3OS2. The molecule has 4 nitrogen and oxygen atoms in total. The summed E-state index contributed by atoms with van der Waals surface area (Å²) in [7, 11) is 1.83. The van der Waals surface area contributed by atoms with Gasteiger partial charge in [-0.1, -0.05) is 6.92 Å². The van der Waals surface area contributed by atoms with Crippen molar-refractivity contribution in [2.45, 2.75) is 39.7 Å². The molecule has 0 aliphatic rings. The van der Waals surface area contributed by atoms with Crippen LogP contribution in [0.25, 0.3) is 0 Å². The van der Waals surface area contributed by atoms with Gasteiger partial charge in [0.15, 0.2) is 0 Å². The van der Waals surface area contributed by atoms with Gasteiger partial charge in [0.25, 0.3) is 0 Å². The fourth-order valence-electron chi connectivity index (χ4n) is 2.50. The minimum atomic E-state index is -0.0424. The van der Waals surface area contributed by atoms with Crippen molar-refractivity contribution in [2.75, 3.05) is 13.6 Å². The fraction of sp³-hybridized carbons (Fsp3) is 0.500. The Kier molecular flexibility index (Phi) is 5.58. The van der Waals surface area contributed by atoms with Crippen molar-refractivity contribution in [3.05, 3.63) is 38.0 Å². The fourth-order valence-corrected chi connectivity index (χ4v) is 4.22. The summed E-state index contributed by atoms with van der Waals surface area (Å²) in [5.74, 6) is 0.246. The summed E-state index contributed by atoms with van der Waals surface area (Å²) >= 11 is 3.40. The van der Waals surface area contributed by atoms with Crippen molar-refractivity contribution in [1.29, 1.82) is 0 Å². The van der Waals surface area contributed by atoms with Crippen LogP contribution < -0.4 is 5.32 Å². The SMILES string of the molecule is Cc1cc([C@H](C)NC(=O)N(C)C[C@@H](C)c2nccs2)c(C)s1. The number of rotatable bonds is 5. The van der Waals surface area contributed by atoms with Crippen LogP contribution in [-0.2, 0) is 0 Å². The number of likely N-dealkylation sites (N-methyl/N-ethyl adjacent to an activating group) is 1. The van der Waals surface area contributed by atoms with Crippen LogP contribution in [0.2, 0.25) is 0 Å². The van der Waals surface area contributed by atoms with Crippen molar-refractivity contribution in [2.24, 2.45) is 0 Å². The molecule has 2 atom stereocenters. The van der Waals surface area contributed by atoms with Gasteiger partial charge in [0.2, 0.25) is 0 Å². The molecule has 2 aromatic rings. The van der Waals surface area contributed by atoms with Gasteiger partial charge in [-0.3, -0.25) is 0 Å². The second-order valence-corrected chi connectivity index (χ2v) is 8.08. The maximum atomic E-state index is 12.4. The zero-order chi connectivity index (χ0) is 16.3. The van der Waals surface area contributed by atoms with Gasteiger partial charge < -0.3 is 10.2 Å². The first kappa shape index (κ1) is 17.0. The van der Waals surface area contributed by atoms with Gasteiger partial charge in [0, 0.05) is 40.8 Å². The highest BCUT2D eigenvalue weighted by Gasteiger charge is 2.19. The minimum absolute atomic E-state index is 0.0232. The molecular weight excluding hydrogens is 314 g/mol. The first-order chi connectivity index (χ1) is 10.4. The number of thiophene rings is 1. The molecule has 0 aliphatic heterocycles. The summed E-state index contributed by atoms with van der Waals surface area (Å²) < 4.78 is 0. The summed E-state index contributed by atoms with van der Waals surface area (Å²) in [5, 5.41) is 6.11. The number of urea groups is 1. The molecule has 0 aliphatic carbocycles. The lowest BCUT2D eigenvalue weighted by molar-refractivity contribution is 0.203. The van der Waals surface area contributed by atoms with Crippen LogP contribution in [0.15, 0.2) is 17.6 Å². The Bertz CT molecular complexity index is 621. The van der Waals surface area contributed by atoms with E-state index < -0.39 is 0 Å². The Labute approximate surface area is 140 Å². The molecule has 1 N–H and O–H groups in total. The molecule has 2 aromatic heterocycles. The number of aryl methyl sites for hydroxylation is 2. The van der Waals surface area contributed by atoms with Crippen LogP contribution in [-0.4, -0.2) is 29.5 Å². The molecule has 0 fully saturated rings. The molecule has 120 valence electrons. The topological polar surface area (TPSA) is 45.2 Å². The number of amides is 2. The van der Waals surface area contributed by atoms with E-state index in [1.165, 1.54) is 15.3 Å². The van der Waals surface area contributed by atoms with Crippen molar-refractivity contribution in [3.8, 4) is 0 Å². The highest BCUT2D eigenvalue weighted by Crippen LogP contribution is 2.26. The summed E-state index contributed by atoms with van der Waals surface area (Å²) in [4.78, 5) is 20.9. The largest absolute Gasteiger partial charge is 0.331 e. The zero-order valence-corrected chi connectivity index (χ0v) is 15.3. The molecule has 0 spiro atoms.